The number of aromatic nitrogens is 2. The molecule has 1 aliphatic heterocycles. The highest BCUT2D eigenvalue weighted by atomic mass is 35.5. The van der Waals surface area contributed by atoms with Crippen LogP contribution in [-0.4, -0.2) is 52.6 Å². The number of nitrogens with zero attached hydrogens (tertiary/aromatic N) is 2. The van der Waals surface area contributed by atoms with Crippen molar-refractivity contribution < 1.29 is 14.0 Å². The number of halogens is 3. The Balaban J connectivity index is 1.36. The second kappa shape index (κ2) is 10.5. The van der Waals surface area contributed by atoms with Crippen LogP contribution in [0.4, 0.5) is 10.2 Å². The normalized spacial score (nSPS) is 13.9. The third-order valence-electron chi connectivity index (χ3n) is 5.64. The maximum Gasteiger partial charge on any atom is 0.199 e. The Morgan fingerprint density at radius 2 is 1.88 bits per heavy atom. The number of rotatable bonds is 9. The first-order valence-corrected chi connectivity index (χ1v) is 11.5. The third-order valence-corrected chi connectivity index (χ3v) is 6.25. The zero-order valence-electron chi connectivity index (χ0n) is 17.8. The zero-order valence-corrected chi connectivity index (χ0v) is 19.3. The Kier molecular flexibility index (Phi) is 7.42. The molecule has 2 N–H and O–H groups in total. The molecule has 0 bridgehead atoms. The van der Waals surface area contributed by atoms with Gasteiger partial charge in [-0.05, 0) is 55.8 Å². The Morgan fingerprint density at radius 3 is 2.61 bits per heavy atom. The van der Waals surface area contributed by atoms with Gasteiger partial charge in [0.2, 0.25) is 0 Å². The molecule has 4 rings (SSSR count). The number of benzene rings is 1. The van der Waals surface area contributed by atoms with Crippen molar-refractivity contribution in [1.29, 1.82) is 0 Å². The fourth-order valence-electron chi connectivity index (χ4n) is 3.83. The standard InChI is InChI=1S/C24H23Cl2FN4O2/c25-17-4-5-18(26)23(27)22(17)24(33)16-12-19(29-14-16)20(32)11-15-3-6-21(30-13-15)28-7-10-31-8-1-2-9-31/h3-6,12-14,29H,1-2,7-11H2,(H,28,30). The Hall–Kier alpha value is -2.74. The summed E-state index contributed by atoms with van der Waals surface area (Å²) in [5.74, 6) is -0.994. The summed E-state index contributed by atoms with van der Waals surface area (Å²) in [6, 6.07) is 7.73. The SMILES string of the molecule is O=C(Cc1ccc(NCCN2CCCC2)nc1)c1cc(C(=O)c2c(Cl)ccc(Cl)c2F)c[nH]1. The van der Waals surface area contributed by atoms with Gasteiger partial charge in [-0.15, -0.1) is 0 Å². The van der Waals surface area contributed by atoms with Crippen molar-refractivity contribution in [1.82, 2.24) is 14.9 Å². The van der Waals surface area contributed by atoms with E-state index in [-0.39, 0.29) is 39.1 Å². The van der Waals surface area contributed by atoms with Gasteiger partial charge in [0.05, 0.1) is 21.3 Å². The minimum absolute atomic E-state index is 0.0452. The molecule has 0 unspecified atom stereocenters. The lowest BCUT2D eigenvalue weighted by atomic mass is 10.0. The van der Waals surface area contributed by atoms with Gasteiger partial charge in [0.25, 0.3) is 0 Å². The molecule has 172 valence electrons. The van der Waals surface area contributed by atoms with Crippen molar-refractivity contribution in [3.8, 4) is 0 Å². The van der Waals surface area contributed by atoms with Gasteiger partial charge in [-0.2, -0.15) is 0 Å². The van der Waals surface area contributed by atoms with E-state index in [4.69, 9.17) is 23.2 Å². The average Bonchev–Trinajstić information content (AvgIpc) is 3.50. The summed E-state index contributed by atoms with van der Waals surface area (Å²) in [6.45, 7) is 4.12. The molecule has 2 aromatic heterocycles. The smallest absolute Gasteiger partial charge is 0.199 e. The van der Waals surface area contributed by atoms with Crippen LogP contribution in [0.3, 0.4) is 0 Å². The van der Waals surface area contributed by atoms with Crippen LogP contribution in [0.25, 0.3) is 0 Å². The Morgan fingerprint density at radius 1 is 1.12 bits per heavy atom. The average molecular weight is 489 g/mol. The van der Waals surface area contributed by atoms with Crippen LogP contribution in [-0.2, 0) is 6.42 Å². The second-order valence-corrected chi connectivity index (χ2v) is 8.79. The zero-order chi connectivity index (χ0) is 23.4. The number of H-pyrrole nitrogens is 1. The van der Waals surface area contributed by atoms with E-state index in [1.807, 2.05) is 12.1 Å². The summed E-state index contributed by atoms with van der Waals surface area (Å²) in [7, 11) is 0. The number of hydrogen-bond donors (Lipinski definition) is 2. The molecule has 1 saturated heterocycles. The molecule has 0 radical (unpaired) electrons. The lowest BCUT2D eigenvalue weighted by Gasteiger charge is -2.15. The molecule has 0 atom stereocenters. The summed E-state index contributed by atoms with van der Waals surface area (Å²) in [5.41, 5.74) is 0.789. The predicted molar refractivity (Wildman–Crippen MR) is 127 cm³/mol. The molecule has 0 spiro atoms. The van der Waals surface area contributed by atoms with E-state index in [0.717, 1.165) is 37.6 Å². The number of ketones is 2. The van der Waals surface area contributed by atoms with Crippen LogP contribution in [0.2, 0.25) is 10.0 Å². The summed E-state index contributed by atoms with van der Waals surface area (Å²) < 4.78 is 14.3. The lowest BCUT2D eigenvalue weighted by molar-refractivity contribution is 0.0988. The fourth-order valence-corrected chi connectivity index (χ4v) is 4.22. The van der Waals surface area contributed by atoms with E-state index >= 15 is 0 Å². The number of hydrogen-bond acceptors (Lipinski definition) is 5. The van der Waals surface area contributed by atoms with Crippen LogP contribution < -0.4 is 5.32 Å². The van der Waals surface area contributed by atoms with Gasteiger partial charge >= 0.3 is 0 Å². The molecule has 0 amide bonds. The second-order valence-electron chi connectivity index (χ2n) is 7.98. The Labute approximate surface area is 201 Å². The molecular weight excluding hydrogens is 466 g/mol. The van der Waals surface area contributed by atoms with Gasteiger partial charge in [-0.25, -0.2) is 9.37 Å². The lowest BCUT2D eigenvalue weighted by Crippen LogP contribution is -2.26. The molecule has 1 aliphatic rings. The van der Waals surface area contributed by atoms with Gasteiger partial charge in [0.15, 0.2) is 17.4 Å². The van der Waals surface area contributed by atoms with E-state index in [1.165, 1.54) is 37.2 Å². The molecular formula is C24H23Cl2FN4O2. The van der Waals surface area contributed by atoms with Crippen LogP contribution >= 0.6 is 23.2 Å². The van der Waals surface area contributed by atoms with Crippen molar-refractivity contribution in [2.24, 2.45) is 0 Å². The number of carbonyl (C=O) groups excluding carboxylic acids is 2. The van der Waals surface area contributed by atoms with Crippen molar-refractivity contribution in [3.63, 3.8) is 0 Å². The minimum atomic E-state index is -0.886. The number of carbonyl (C=O) groups is 2. The minimum Gasteiger partial charge on any atom is -0.369 e. The van der Waals surface area contributed by atoms with E-state index in [2.05, 4.69) is 20.2 Å². The van der Waals surface area contributed by atoms with Crippen LogP contribution in [0.15, 0.2) is 42.7 Å². The van der Waals surface area contributed by atoms with Gasteiger partial charge < -0.3 is 15.2 Å². The topological polar surface area (TPSA) is 78.1 Å². The monoisotopic (exact) mass is 488 g/mol. The van der Waals surface area contributed by atoms with Crippen LogP contribution in [0.1, 0.15) is 44.8 Å². The van der Waals surface area contributed by atoms with E-state index < -0.39 is 11.6 Å². The molecule has 1 aromatic carbocycles. The summed E-state index contributed by atoms with van der Waals surface area (Å²) in [6.07, 6.45) is 5.66. The highest BCUT2D eigenvalue weighted by Crippen LogP contribution is 2.28. The summed E-state index contributed by atoms with van der Waals surface area (Å²) >= 11 is 11.8. The van der Waals surface area contributed by atoms with E-state index in [0.29, 0.717) is 0 Å². The van der Waals surface area contributed by atoms with Crippen molar-refractivity contribution in [2.45, 2.75) is 19.3 Å². The van der Waals surface area contributed by atoms with Gasteiger partial charge in [-0.3, -0.25) is 9.59 Å². The van der Waals surface area contributed by atoms with Crippen LogP contribution in [0.5, 0.6) is 0 Å². The maximum absolute atomic E-state index is 14.3. The number of anilines is 1. The molecule has 33 heavy (non-hydrogen) atoms. The largest absolute Gasteiger partial charge is 0.369 e. The highest BCUT2D eigenvalue weighted by molar-refractivity contribution is 6.37. The number of nitrogens with one attached hydrogen (secondary N) is 2. The van der Waals surface area contributed by atoms with Gasteiger partial charge in [0.1, 0.15) is 5.82 Å². The molecule has 0 saturated carbocycles. The molecule has 1 fully saturated rings. The first-order chi connectivity index (χ1) is 15.9. The van der Waals surface area contributed by atoms with E-state index in [9.17, 15) is 14.0 Å². The van der Waals surface area contributed by atoms with Crippen LogP contribution in [0, 0.1) is 5.82 Å². The molecule has 0 aliphatic carbocycles. The van der Waals surface area contributed by atoms with Gasteiger partial charge in [-0.1, -0.05) is 29.3 Å². The fraction of sp³-hybridized carbons (Fsp3) is 0.292. The molecule has 6 nitrogen and oxygen atoms in total. The van der Waals surface area contributed by atoms with E-state index in [1.54, 1.807) is 6.20 Å². The first kappa shape index (κ1) is 23.4. The number of aromatic amines is 1. The maximum atomic E-state index is 14.3. The Bertz CT molecular complexity index is 1160. The number of Topliss-reactive ketones (excluding diaryl/α,β-unsaturated/α-hetero) is 1. The predicted octanol–water partition coefficient (Wildman–Crippen LogP) is 5.02. The molecule has 9 heteroatoms. The van der Waals surface area contributed by atoms with Gasteiger partial charge in [0, 0.05) is 37.5 Å². The highest BCUT2D eigenvalue weighted by Gasteiger charge is 2.22. The third kappa shape index (κ3) is 5.61. The number of likely N-dealkylation sites (tertiary alicyclic amines) is 1. The summed E-state index contributed by atoms with van der Waals surface area (Å²) in [5, 5.41) is 3.05. The molecule has 3 aromatic rings. The van der Waals surface area contributed by atoms with Crippen molar-refractivity contribution in [3.05, 3.63) is 81.0 Å². The quantitative estimate of drug-likeness (QED) is 0.326. The van der Waals surface area contributed by atoms with Crippen molar-refractivity contribution in [2.75, 3.05) is 31.5 Å². The molecule has 3 heterocycles. The number of pyridine rings is 1. The van der Waals surface area contributed by atoms with Crippen molar-refractivity contribution >= 4 is 40.6 Å². The first-order valence-electron chi connectivity index (χ1n) is 10.7. The summed E-state index contributed by atoms with van der Waals surface area (Å²) in [4.78, 5) is 35.0.